The molecule has 0 saturated carbocycles. The number of aromatic nitrogens is 1. The molecular weight excluding hydrogens is 426 g/mol. The lowest BCUT2D eigenvalue weighted by Crippen LogP contribution is -2.00. The largest absolute Gasteiger partial charge is 0.478 e. The molecule has 0 unspecified atom stereocenters. The molecule has 4 N–H and O–H groups in total. The molecular formula is C27H21N5O2. The topological polar surface area (TPSA) is 117 Å². The summed E-state index contributed by atoms with van der Waals surface area (Å²) in [6.07, 6.45) is 0. The van der Waals surface area contributed by atoms with Gasteiger partial charge in [-0.1, -0.05) is 53.8 Å². The Morgan fingerprint density at radius 1 is 0.824 bits per heavy atom. The molecule has 0 bridgehead atoms. The molecule has 7 heteroatoms. The van der Waals surface area contributed by atoms with Gasteiger partial charge in [-0.15, -0.1) is 5.11 Å². The smallest absolute Gasteiger partial charge is 0.335 e. The van der Waals surface area contributed by atoms with Crippen LogP contribution in [0.1, 0.15) is 21.5 Å². The highest BCUT2D eigenvalue weighted by Crippen LogP contribution is 2.31. The summed E-state index contributed by atoms with van der Waals surface area (Å²) >= 11 is 0. The van der Waals surface area contributed by atoms with Crippen LogP contribution in [0.4, 0.5) is 0 Å². The van der Waals surface area contributed by atoms with Crippen LogP contribution < -0.4 is 5.84 Å². The zero-order chi connectivity index (χ0) is 23.7. The van der Waals surface area contributed by atoms with Crippen molar-refractivity contribution < 1.29 is 9.90 Å². The summed E-state index contributed by atoms with van der Waals surface area (Å²) in [5.41, 5.74) is 6.18. The Morgan fingerprint density at radius 2 is 1.56 bits per heavy atom. The Balaban J connectivity index is 1.57. The van der Waals surface area contributed by atoms with Crippen molar-refractivity contribution in [3.8, 4) is 11.1 Å². The Bertz CT molecular complexity index is 1580. The average molecular weight is 447 g/mol. The van der Waals surface area contributed by atoms with Gasteiger partial charge in [-0.25, -0.2) is 4.79 Å². The number of hydrogen-bond donors (Lipinski definition) is 3. The number of nitrogens with zero attached hydrogens (tertiary/aromatic N) is 3. The first-order chi connectivity index (χ1) is 16.5. The zero-order valence-electron chi connectivity index (χ0n) is 18.1. The number of nitrogens with one attached hydrogen (secondary N) is 1. The van der Waals surface area contributed by atoms with E-state index in [2.05, 4.69) is 39.2 Å². The van der Waals surface area contributed by atoms with E-state index in [-0.39, 0.29) is 11.4 Å². The van der Waals surface area contributed by atoms with Crippen LogP contribution in [0.5, 0.6) is 0 Å². The van der Waals surface area contributed by atoms with Gasteiger partial charge < -0.3 is 15.5 Å². The molecule has 0 radical (unpaired) electrons. The van der Waals surface area contributed by atoms with Gasteiger partial charge in [-0.3, -0.25) is 5.41 Å². The van der Waals surface area contributed by atoms with Gasteiger partial charge in [-0.05, 0) is 59.2 Å². The van der Waals surface area contributed by atoms with Crippen molar-refractivity contribution in [3.63, 3.8) is 0 Å². The van der Waals surface area contributed by atoms with Crippen molar-refractivity contribution >= 4 is 33.6 Å². The van der Waals surface area contributed by atoms with Gasteiger partial charge in [0.15, 0.2) is 5.84 Å². The summed E-state index contributed by atoms with van der Waals surface area (Å²) in [6.45, 7) is 0.657. The molecule has 1 heterocycles. The maximum absolute atomic E-state index is 11.2. The number of nitrogens with two attached hydrogens (primary N) is 1. The Labute approximate surface area is 195 Å². The van der Waals surface area contributed by atoms with Crippen molar-refractivity contribution in [2.24, 2.45) is 16.2 Å². The predicted molar refractivity (Wildman–Crippen MR) is 133 cm³/mol. The van der Waals surface area contributed by atoms with Gasteiger partial charge in [0.25, 0.3) is 0 Å². The third kappa shape index (κ3) is 3.80. The van der Waals surface area contributed by atoms with Crippen LogP contribution in [0.2, 0.25) is 0 Å². The number of amidine groups is 1. The second-order valence-electron chi connectivity index (χ2n) is 7.98. The van der Waals surface area contributed by atoms with Gasteiger partial charge in [-0.2, -0.15) is 0 Å². The summed E-state index contributed by atoms with van der Waals surface area (Å²) in [4.78, 5) is 11.2. The molecule has 0 amide bonds. The standard InChI is InChI=1S/C27H21N5O2/c28-26(30-31-29)21-12-13-25-23(15-21)22-6-1-2-7-24(22)32(25)16-17-4-3-5-20(14-17)18-8-10-19(11-9-18)27(33)34/h1-15H,16H2,(H,33,34)(H3,28,29,30). The van der Waals surface area contributed by atoms with Crippen LogP contribution in [0.3, 0.4) is 0 Å². The highest BCUT2D eigenvalue weighted by molar-refractivity contribution is 6.11. The number of carbonyl (C=O) groups is 1. The maximum atomic E-state index is 11.2. The average Bonchev–Trinajstić information content (AvgIpc) is 3.17. The minimum Gasteiger partial charge on any atom is -0.478 e. The van der Waals surface area contributed by atoms with Crippen molar-refractivity contribution in [3.05, 3.63) is 108 Å². The number of rotatable bonds is 5. The fourth-order valence-corrected chi connectivity index (χ4v) is 4.32. The molecule has 0 spiro atoms. The van der Waals surface area contributed by atoms with E-state index < -0.39 is 5.97 Å². The molecule has 7 nitrogen and oxygen atoms in total. The van der Waals surface area contributed by atoms with Crippen LogP contribution in [0, 0.1) is 5.41 Å². The summed E-state index contributed by atoms with van der Waals surface area (Å²) in [6, 6.07) is 29.2. The number of carboxylic acids is 1. The molecule has 0 fully saturated rings. The highest BCUT2D eigenvalue weighted by atomic mass is 16.4. The fraction of sp³-hybridized carbons (Fsp3) is 0.0370. The quantitative estimate of drug-likeness (QED) is 0.103. The fourth-order valence-electron chi connectivity index (χ4n) is 4.32. The van der Waals surface area contributed by atoms with Crippen LogP contribution in [-0.2, 0) is 6.54 Å². The summed E-state index contributed by atoms with van der Waals surface area (Å²) in [5, 5.41) is 26.2. The first kappa shape index (κ1) is 21.1. The molecule has 5 rings (SSSR count). The molecule has 0 saturated heterocycles. The second kappa shape index (κ2) is 8.63. The lowest BCUT2D eigenvalue weighted by Gasteiger charge is -2.10. The van der Waals surface area contributed by atoms with Gasteiger partial charge in [0.2, 0.25) is 0 Å². The number of carboxylic acid groups (broad SMARTS) is 1. The Morgan fingerprint density at radius 3 is 2.32 bits per heavy atom. The summed E-state index contributed by atoms with van der Waals surface area (Å²) < 4.78 is 2.26. The van der Waals surface area contributed by atoms with Crippen LogP contribution >= 0.6 is 0 Å². The van der Waals surface area contributed by atoms with E-state index in [1.807, 2.05) is 54.6 Å². The van der Waals surface area contributed by atoms with Crippen molar-refractivity contribution in [2.45, 2.75) is 6.54 Å². The molecule has 0 aliphatic rings. The number of para-hydroxylation sites is 1. The summed E-state index contributed by atoms with van der Waals surface area (Å²) in [5.74, 6) is 4.20. The highest BCUT2D eigenvalue weighted by Gasteiger charge is 2.13. The molecule has 0 atom stereocenters. The van der Waals surface area contributed by atoms with Crippen molar-refractivity contribution in [1.29, 1.82) is 5.41 Å². The van der Waals surface area contributed by atoms with E-state index in [1.54, 1.807) is 12.1 Å². The molecule has 166 valence electrons. The van der Waals surface area contributed by atoms with E-state index in [9.17, 15) is 4.79 Å². The Kier molecular flexibility index (Phi) is 5.35. The van der Waals surface area contributed by atoms with Gasteiger partial charge in [0.1, 0.15) is 0 Å². The van der Waals surface area contributed by atoms with E-state index in [0.29, 0.717) is 12.1 Å². The van der Waals surface area contributed by atoms with Crippen molar-refractivity contribution in [1.82, 2.24) is 4.57 Å². The normalized spacial score (nSPS) is 11.4. The van der Waals surface area contributed by atoms with Crippen LogP contribution in [0.15, 0.2) is 101 Å². The minimum absolute atomic E-state index is 0.0165. The van der Waals surface area contributed by atoms with Gasteiger partial charge in [0.05, 0.1) is 5.56 Å². The monoisotopic (exact) mass is 447 g/mol. The first-order valence-electron chi connectivity index (χ1n) is 10.7. The number of aromatic carboxylic acids is 1. The molecule has 4 aromatic carbocycles. The maximum Gasteiger partial charge on any atom is 0.335 e. The third-order valence-corrected chi connectivity index (χ3v) is 5.94. The van der Waals surface area contributed by atoms with Gasteiger partial charge >= 0.3 is 5.97 Å². The van der Waals surface area contributed by atoms with E-state index in [0.717, 1.165) is 38.5 Å². The minimum atomic E-state index is -0.934. The lowest BCUT2D eigenvalue weighted by atomic mass is 10.0. The molecule has 0 aliphatic heterocycles. The number of fused-ring (bicyclic) bond motifs is 3. The zero-order valence-corrected chi connectivity index (χ0v) is 18.1. The molecule has 5 aromatic rings. The third-order valence-electron chi connectivity index (χ3n) is 5.94. The van der Waals surface area contributed by atoms with Crippen molar-refractivity contribution in [2.75, 3.05) is 0 Å². The molecule has 1 aromatic heterocycles. The predicted octanol–water partition coefficient (Wildman–Crippen LogP) is 5.86. The summed E-state index contributed by atoms with van der Waals surface area (Å²) in [7, 11) is 0. The SMILES string of the molecule is N=C(N=NN)c1ccc2c(c1)c1ccccc1n2Cc1cccc(-c2ccc(C(=O)O)cc2)c1. The van der Waals surface area contributed by atoms with E-state index >= 15 is 0 Å². The molecule has 34 heavy (non-hydrogen) atoms. The second-order valence-corrected chi connectivity index (χ2v) is 7.98. The number of benzene rings is 4. The molecule has 0 aliphatic carbocycles. The van der Waals surface area contributed by atoms with Crippen LogP contribution in [-0.4, -0.2) is 21.5 Å². The van der Waals surface area contributed by atoms with Gasteiger partial charge in [0, 0.05) is 33.9 Å². The first-order valence-corrected chi connectivity index (χ1v) is 10.7. The van der Waals surface area contributed by atoms with E-state index in [4.69, 9.17) is 16.4 Å². The number of hydrogen-bond acceptors (Lipinski definition) is 3. The Hall–Kier alpha value is -4.78. The lowest BCUT2D eigenvalue weighted by molar-refractivity contribution is 0.0697. The van der Waals surface area contributed by atoms with E-state index in [1.165, 1.54) is 0 Å². The van der Waals surface area contributed by atoms with Crippen LogP contribution in [0.25, 0.3) is 32.9 Å².